The number of rotatable bonds is 2. The number of H-pyrrole nitrogens is 1. The summed E-state index contributed by atoms with van der Waals surface area (Å²) in [7, 11) is 0. The molecule has 1 fully saturated rings. The predicted octanol–water partition coefficient (Wildman–Crippen LogP) is 1.14. The van der Waals surface area contributed by atoms with Crippen LogP contribution in [0.1, 0.15) is 24.3 Å². The van der Waals surface area contributed by atoms with E-state index < -0.39 is 0 Å². The van der Waals surface area contributed by atoms with E-state index in [1.807, 2.05) is 12.3 Å². The summed E-state index contributed by atoms with van der Waals surface area (Å²) in [6.45, 7) is 0. The van der Waals surface area contributed by atoms with Crippen molar-refractivity contribution in [1.82, 2.24) is 25.6 Å². The van der Waals surface area contributed by atoms with E-state index in [-0.39, 0.29) is 0 Å². The number of aromatic nitrogens is 5. The fraction of sp³-hybridized carbons (Fsp3) is 0.333. The monoisotopic (exact) mass is 187 g/mol. The molecule has 2 aromatic rings. The maximum atomic E-state index is 4.09. The third-order valence-corrected chi connectivity index (χ3v) is 2.46. The lowest BCUT2D eigenvalue weighted by Gasteiger charge is -2.02. The first-order valence-electron chi connectivity index (χ1n) is 4.63. The van der Waals surface area contributed by atoms with Crippen molar-refractivity contribution in [3.05, 3.63) is 24.0 Å². The molecule has 2 aromatic heterocycles. The van der Waals surface area contributed by atoms with Crippen LogP contribution in [-0.2, 0) is 0 Å². The second-order valence-electron chi connectivity index (χ2n) is 3.47. The van der Waals surface area contributed by atoms with Gasteiger partial charge < -0.3 is 0 Å². The Hall–Kier alpha value is -1.78. The normalized spacial score (nSPS) is 15.7. The van der Waals surface area contributed by atoms with Gasteiger partial charge in [-0.15, -0.1) is 10.2 Å². The summed E-state index contributed by atoms with van der Waals surface area (Å²) in [5, 5.41) is 14.0. The summed E-state index contributed by atoms with van der Waals surface area (Å²) in [5.74, 6) is 1.31. The molecule has 0 atom stereocenters. The van der Waals surface area contributed by atoms with Gasteiger partial charge in [0.15, 0.2) is 0 Å². The van der Waals surface area contributed by atoms with Gasteiger partial charge >= 0.3 is 0 Å². The Morgan fingerprint density at radius 1 is 1.36 bits per heavy atom. The first kappa shape index (κ1) is 7.61. The van der Waals surface area contributed by atoms with E-state index in [9.17, 15) is 0 Å². The highest BCUT2D eigenvalue weighted by Gasteiger charge is 2.27. The lowest BCUT2D eigenvalue weighted by atomic mass is 10.1. The Morgan fingerprint density at radius 2 is 2.29 bits per heavy atom. The highest BCUT2D eigenvalue weighted by molar-refractivity contribution is 5.59. The summed E-state index contributed by atoms with van der Waals surface area (Å²) in [4.78, 5) is 4.09. The van der Waals surface area contributed by atoms with E-state index in [0.29, 0.717) is 11.7 Å². The van der Waals surface area contributed by atoms with Gasteiger partial charge in [-0.3, -0.25) is 4.98 Å². The third kappa shape index (κ3) is 1.17. The molecule has 5 nitrogen and oxygen atoms in total. The molecule has 1 N–H and O–H groups in total. The predicted molar refractivity (Wildman–Crippen MR) is 49.4 cm³/mol. The standard InChI is InChI=1S/C9H9N5/c1-2-6(1)7-3-4-10-5-8(7)9-11-13-14-12-9/h3-6H,1-2H2,(H,11,12,13,14). The molecule has 0 unspecified atom stereocenters. The minimum atomic E-state index is 0.639. The number of tetrazole rings is 1. The molecule has 0 spiro atoms. The van der Waals surface area contributed by atoms with Crippen molar-refractivity contribution in [2.24, 2.45) is 0 Å². The van der Waals surface area contributed by atoms with Crippen LogP contribution >= 0.6 is 0 Å². The summed E-state index contributed by atoms with van der Waals surface area (Å²) in [6, 6.07) is 2.04. The van der Waals surface area contributed by atoms with Crippen molar-refractivity contribution in [2.45, 2.75) is 18.8 Å². The van der Waals surface area contributed by atoms with Crippen LogP contribution in [0.15, 0.2) is 18.5 Å². The third-order valence-electron chi connectivity index (χ3n) is 2.46. The van der Waals surface area contributed by atoms with Gasteiger partial charge in [0.1, 0.15) is 0 Å². The van der Waals surface area contributed by atoms with Crippen molar-refractivity contribution in [3.63, 3.8) is 0 Å². The number of nitrogens with zero attached hydrogens (tertiary/aromatic N) is 4. The van der Waals surface area contributed by atoms with Crippen molar-refractivity contribution >= 4 is 0 Å². The molecule has 0 aliphatic heterocycles. The van der Waals surface area contributed by atoms with Crippen LogP contribution in [0.5, 0.6) is 0 Å². The minimum Gasteiger partial charge on any atom is -0.264 e. The average Bonchev–Trinajstić information content (AvgIpc) is 2.94. The van der Waals surface area contributed by atoms with Crippen LogP contribution in [-0.4, -0.2) is 25.6 Å². The maximum absolute atomic E-state index is 4.09. The average molecular weight is 187 g/mol. The topological polar surface area (TPSA) is 67.3 Å². The zero-order valence-electron chi connectivity index (χ0n) is 7.51. The molecular weight excluding hydrogens is 178 g/mol. The molecule has 14 heavy (non-hydrogen) atoms. The summed E-state index contributed by atoms with van der Waals surface area (Å²) >= 11 is 0. The van der Waals surface area contributed by atoms with Crippen LogP contribution in [0.2, 0.25) is 0 Å². The molecule has 5 heteroatoms. The molecular formula is C9H9N5. The number of hydrogen-bond donors (Lipinski definition) is 1. The smallest absolute Gasteiger partial charge is 0.206 e. The fourth-order valence-corrected chi connectivity index (χ4v) is 1.62. The Morgan fingerprint density at radius 3 is 3.00 bits per heavy atom. The molecule has 1 saturated carbocycles. The lowest BCUT2D eigenvalue weighted by molar-refractivity contribution is 0.881. The first-order valence-corrected chi connectivity index (χ1v) is 4.63. The van der Waals surface area contributed by atoms with E-state index in [0.717, 1.165) is 5.56 Å². The highest BCUT2D eigenvalue weighted by atomic mass is 15.5. The Balaban J connectivity index is 2.12. The van der Waals surface area contributed by atoms with Crippen molar-refractivity contribution in [1.29, 1.82) is 0 Å². The molecule has 70 valence electrons. The molecule has 0 amide bonds. The van der Waals surface area contributed by atoms with Gasteiger partial charge in [-0.25, -0.2) is 0 Å². The summed E-state index contributed by atoms with van der Waals surface area (Å²) < 4.78 is 0. The van der Waals surface area contributed by atoms with Gasteiger partial charge in [0.2, 0.25) is 5.82 Å². The van der Waals surface area contributed by atoms with E-state index >= 15 is 0 Å². The van der Waals surface area contributed by atoms with Crippen LogP contribution in [0.4, 0.5) is 0 Å². The zero-order valence-corrected chi connectivity index (χ0v) is 7.51. The lowest BCUT2D eigenvalue weighted by Crippen LogP contribution is -1.90. The SMILES string of the molecule is c1cc(C2CC2)c(-c2nn[nH]n2)cn1. The minimum absolute atomic E-state index is 0.639. The molecule has 0 radical (unpaired) electrons. The Kier molecular flexibility index (Phi) is 1.56. The van der Waals surface area contributed by atoms with E-state index in [1.165, 1.54) is 18.4 Å². The number of nitrogens with one attached hydrogen (secondary N) is 1. The zero-order chi connectivity index (χ0) is 9.38. The van der Waals surface area contributed by atoms with Gasteiger partial charge in [-0.05, 0) is 35.6 Å². The molecule has 2 heterocycles. The van der Waals surface area contributed by atoms with Crippen LogP contribution in [0, 0.1) is 0 Å². The second kappa shape index (κ2) is 2.87. The summed E-state index contributed by atoms with van der Waals surface area (Å²) in [6.07, 6.45) is 6.14. The van der Waals surface area contributed by atoms with Gasteiger partial charge in [0.05, 0.1) is 0 Å². The fourth-order valence-electron chi connectivity index (χ4n) is 1.62. The Labute approximate surface area is 80.6 Å². The van der Waals surface area contributed by atoms with Gasteiger partial charge in [0, 0.05) is 18.0 Å². The molecule has 1 aliphatic carbocycles. The molecule has 3 rings (SSSR count). The van der Waals surface area contributed by atoms with E-state index in [4.69, 9.17) is 0 Å². The first-order chi connectivity index (χ1) is 6.95. The molecule has 0 bridgehead atoms. The second-order valence-corrected chi connectivity index (χ2v) is 3.47. The quantitative estimate of drug-likeness (QED) is 0.765. The maximum Gasteiger partial charge on any atom is 0.206 e. The van der Waals surface area contributed by atoms with Gasteiger partial charge in [-0.2, -0.15) is 5.21 Å². The highest BCUT2D eigenvalue weighted by Crippen LogP contribution is 2.43. The number of hydrogen-bond acceptors (Lipinski definition) is 4. The van der Waals surface area contributed by atoms with E-state index in [1.54, 1.807) is 6.20 Å². The van der Waals surface area contributed by atoms with E-state index in [2.05, 4.69) is 25.6 Å². The van der Waals surface area contributed by atoms with Crippen LogP contribution in [0.3, 0.4) is 0 Å². The number of aromatic amines is 1. The van der Waals surface area contributed by atoms with Crippen molar-refractivity contribution in [2.75, 3.05) is 0 Å². The van der Waals surface area contributed by atoms with Gasteiger partial charge in [0.25, 0.3) is 0 Å². The Bertz CT molecular complexity index is 432. The summed E-state index contributed by atoms with van der Waals surface area (Å²) in [5.41, 5.74) is 2.30. The molecule has 1 aliphatic rings. The van der Waals surface area contributed by atoms with Crippen molar-refractivity contribution < 1.29 is 0 Å². The molecule has 0 aromatic carbocycles. The van der Waals surface area contributed by atoms with Crippen LogP contribution in [0.25, 0.3) is 11.4 Å². The largest absolute Gasteiger partial charge is 0.264 e. The number of pyridine rings is 1. The molecule has 0 saturated heterocycles. The van der Waals surface area contributed by atoms with Crippen LogP contribution < -0.4 is 0 Å². The van der Waals surface area contributed by atoms with Crippen molar-refractivity contribution in [3.8, 4) is 11.4 Å². The van der Waals surface area contributed by atoms with Gasteiger partial charge in [-0.1, -0.05) is 0 Å².